The minimum atomic E-state index is 0.477. The van der Waals surface area contributed by atoms with Gasteiger partial charge in [-0.05, 0) is 31.4 Å². The second-order valence-corrected chi connectivity index (χ2v) is 6.82. The Morgan fingerprint density at radius 3 is 2.53 bits per heavy atom. The zero-order valence-electron chi connectivity index (χ0n) is 13.0. The van der Waals surface area contributed by atoms with Gasteiger partial charge in [0.25, 0.3) is 0 Å². The Labute approximate surface area is 124 Å². The molecular weight excluding hydrogens is 254 g/mol. The molecule has 0 aliphatic carbocycles. The van der Waals surface area contributed by atoms with Crippen LogP contribution in [0.15, 0.2) is 0 Å². The Kier molecular flexibility index (Phi) is 11.0. The Balaban J connectivity index is 2.17. The van der Waals surface area contributed by atoms with Gasteiger partial charge in [-0.25, -0.2) is 0 Å². The van der Waals surface area contributed by atoms with Crippen LogP contribution in [0.1, 0.15) is 65.2 Å². The van der Waals surface area contributed by atoms with Gasteiger partial charge in [0.1, 0.15) is 0 Å². The van der Waals surface area contributed by atoms with Crippen molar-refractivity contribution in [3.8, 4) is 0 Å². The zero-order chi connectivity index (χ0) is 13.8. The molecule has 1 atom stereocenters. The zero-order valence-corrected chi connectivity index (χ0v) is 13.8. The highest BCUT2D eigenvalue weighted by Crippen LogP contribution is 2.15. The second-order valence-electron chi connectivity index (χ2n) is 5.67. The first-order valence-corrected chi connectivity index (χ1v) is 9.44. The molecule has 1 aliphatic rings. The van der Waals surface area contributed by atoms with E-state index in [0.717, 1.165) is 6.73 Å². The smallest absolute Gasteiger partial charge is 0.0994 e. The molecular formula is C16H33NOS. The minimum Gasteiger partial charge on any atom is -0.362 e. The Hall–Kier alpha value is 0.270. The third-order valence-corrected chi connectivity index (χ3v) is 5.03. The van der Waals surface area contributed by atoms with Crippen LogP contribution in [0.3, 0.4) is 0 Å². The van der Waals surface area contributed by atoms with Crippen LogP contribution in [0.4, 0.5) is 0 Å². The van der Waals surface area contributed by atoms with Crippen molar-refractivity contribution in [1.82, 2.24) is 4.90 Å². The van der Waals surface area contributed by atoms with E-state index in [1.807, 2.05) is 0 Å². The van der Waals surface area contributed by atoms with E-state index in [9.17, 15) is 0 Å². The predicted molar refractivity (Wildman–Crippen MR) is 86.9 cm³/mol. The fourth-order valence-electron chi connectivity index (χ4n) is 2.50. The molecule has 1 fully saturated rings. The SMILES string of the molecule is CCCCCC(CSCCC)OCN1CCCCC1. The van der Waals surface area contributed by atoms with Crippen molar-refractivity contribution in [1.29, 1.82) is 0 Å². The summed E-state index contributed by atoms with van der Waals surface area (Å²) in [5.74, 6) is 2.46. The summed E-state index contributed by atoms with van der Waals surface area (Å²) in [6.45, 7) is 7.88. The minimum absolute atomic E-state index is 0.477. The van der Waals surface area contributed by atoms with E-state index >= 15 is 0 Å². The van der Waals surface area contributed by atoms with E-state index < -0.39 is 0 Å². The van der Waals surface area contributed by atoms with Gasteiger partial charge in [0, 0.05) is 18.8 Å². The van der Waals surface area contributed by atoms with Gasteiger partial charge >= 0.3 is 0 Å². The Morgan fingerprint density at radius 1 is 1.05 bits per heavy atom. The van der Waals surface area contributed by atoms with Gasteiger partial charge in [-0.2, -0.15) is 11.8 Å². The third kappa shape index (κ3) is 8.93. The van der Waals surface area contributed by atoms with E-state index in [1.54, 1.807) is 0 Å². The number of hydrogen-bond donors (Lipinski definition) is 0. The number of thioether (sulfide) groups is 1. The highest BCUT2D eigenvalue weighted by atomic mass is 32.2. The lowest BCUT2D eigenvalue weighted by Crippen LogP contribution is -2.34. The van der Waals surface area contributed by atoms with Gasteiger partial charge in [-0.3, -0.25) is 4.90 Å². The standard InChI is InChI=1S/C16H33NOS/c1-3-5-7-10-16(14-19-13-4-2)18-15-17-11-8-6-9-12-17/h16H,3-15H2,1-2H3. The summed E-state index contributed by atoms with van der Waals surface area (Å²) in [4.78, 5) is 2.49. The molecule has 0 aromatic carbocycles. The van der Waals surface area contributed by atoms with Crippen molar-refractivity contribution in [2.24, 2.45) is 0 Å². The quantitative estimate of drug-likeness (QED) is 0.518. The number of rotatable bonds is 11. The molecule has 114 valence electrons. The topological polar surface area (TPSA) is 12.5 Å². The van der Waals surface area contributed by atoms with Gasteiger partial charge in [-0.1, -0.05) is 39.5 Å². The molecule has 0 aromatic rings. The lowest BCUT2D eigenvalue weighted by atomic mass is 10.1. The molecule has 0 aromatic heterocycles. The molecule has 1 rings (SSSR count). The van der Waals surface area contributed by atoms with Crippen LogP contribution in [0, 0.1) is 0 Å². The van der Waals surface area contributed by atoms with Gasteiger partial charge in [-0.15, -0.1) is 0 Å². The maximum Gasteiger partial charge on any atom is 0.0994 e. The lowest BCUT2D eigenvalue weighted by molar-refractivity contribution is -0.0229. The molecule has 3 heteroatoms. The third-order valence-electron chi connectivity index (χ3n) is 3.72. The molecule has 0 amide bonds. The number of likely N-dealkylation sites (tertiary alicyclic amines) is 1. The maximum atomic E-state index is 6.18. The van der Waals surface area contributed by atoms with Gasteiger partial charge in [0.2, 0.25) is 0 Å². The molecule has 1 aliphatic heterocycles. The van der Waals surface area contributed by atoms with Crippen LogP contribution in [0.5, 0.6) is 0 Å². The van der Waals surface area contributed by atoms with Crippen molar-refractivity contribution in [3.05, 3.63) is 0 Å². The molecule has 0 saturated carbocycles. The number of ether oxygens (including phenoxy) is 1. The largest absolute Gasteiger partial charge is 0.362 e. The average molecular weight is 288 g/mol. The van der Waals surface area contributed by atoms with E-state index in [4.69, 9.17) is 4.74 Å². The van der Waals surface area contributed by atoms with E-state index in [2.05, 4.69) is 30.5 Å². The number of nitrogens with zero attached hydrogens (tertiary/aromatic N) is 1. The fourth-order valence-corrected chi connectivity index (χ4v) is 3.48. The van der Waals surface area contributed by atoms with Crippen LogP contribution in [-0.4, -0.2) is 42.3 Å². The highest BCUT2D eigenvalue weighted by molar-refractivity contribution is 7.99. The fraction of sp³-hybridized carbons (Fsp3) is 1.00. The normalized spacial score (nSPS) is 18.6. The Bertz CT molecular complexity index is 185. The van der Waals surface area contributed by atoms with Crippen LogP contribution in [-0.2, 0) is 4.74 Å². The van der Waals surface area contributed by atoms with Crippen molar-refractivity contribution >= 4 is 11.8 Å². The summed E-state index contributed by atoms with van der Waals surface area (Å²) in [5, 5.41) is 0. The number of piperidine rings is 1. The van der Waals surface area contributed by atoms with Crippen LogP contribution in [0.25, 0.3) is 0 Å². The number of hydrogen-bond acceptors (Lipinski definition) is 3. The van der Waals surface area contributed by atoms with Gasteiger partial charge < -0.3 is 4.74 Å². The van der Waals surface area contributed by atoms with E-state index in [-0.39, 0.29) is 0 Å². The molecule has 1 heterocycles. The van der Waals surface area contributed by atoms with Crippen molar-refractivity contribution < 1.29 is 4.74 Å². The molecule has 1 unspecified atom stereocenters. The Morgan fingerprint density at radius 2 is 1.84 bits per heavy atom. The van der Waals surface area contributed by atoms with E-state index in [1.165, 1.54) is 76.0 Å². The number of unbranched alkanes of at least 4 members (excludes halogenated alkanes) is 2. The van der Waals surface area contributed by atoms with Crippen LogP contribution < -0.4 is 0 Å². The highest BCUT2D eigenvalue weighted by Gasteiger charge is 2.14. The first-order chi connectivity index (χ1) is 9.36. The second kappa shape index (κ2) is 12.0. The van der Waals surface area contributed by atoms with Crippen molar-refractivity contribution in [2.45, 2.75) is 71.3 Å². The molecule has 1 saturated heterocycles. The first kappa shape index (κ1) is 17.3. The maximum absolute atomic E-state index is 6.18. The summed E-state index contributed by atoms with van der Waals surface area (Å²) < 4.78 is 6.18. The van der Waals surface area contributed by atoms with Crippen molar-refractivity contribution in [2.75, 3.05) is 31.3 Å². The van der Waals surface area contributed by atoms with E-state index in [0.29, 0.717) is 6.10 Å². The molecule has 0 bridgehead atoms. The monoisotopic (exact) mass is 287 g/mol. The van der Waals surface area contributed by atoms with Gasteiger partial charge in [0.05, 0.1) is 12.8 Å². The van der Waals surface area contributed by atoms with Crippen LogP contribution >= 0.6 is 11.8 Å². The summed E-state index contributed by atoms with van der Waals surface area (Å²) in [7, 11) is 0. The molecule has 0 spiro atoms. The average Bonchev–Trinajstić information content (AvgIpc) is 2.45. The summed E-state index contributed by atoms with van der Waals surface area (Å²) in [6, 6.07) is 0. The lowest BCUT2D eigenvalue weighted by Gasteiger charge is -2.28. The molecule has 2 nitrogen and oxygen atoms in total. The van der Waals surface area contributed by atoms with Crippen molar-refractivity contribution in [3.63, 3.8) is 0 Å². The summed E-state index contributed by atoms with van der Waals surface area (Å²) >= 11 is 2.06. The summed E-state index contributed by atoms with van der Waals surface area (Å²) in [6.07, 6.45) is 11.1. The van der Waals surface area contributed by atoms with Crippen LogP contribution in [0.2, 0.25) is 0 Å². The van der Waals surface area contributed by atoms with Gasteiger partial charge in [0.15, 0.2) is 0 Å². The molecule has 0 radical (unpaired) electrons. The molecule has 0 N–H and O–H groups in total. The summed E-state index contributed by atoms with van der Waals surface area (Å²) in [5.41, 5.74) is 0. The first-order valence-electron chi connectivity index (χ1n) is 8.28. The molecule has 19 heavy (non-hydrogen) atoms. The predicted octanol–water partition coefficient (Wildman–Crippen LogP) is 4.54.